The lowest BCUT2D eigenvalue weighted by atomic mass is 10.1. The predicted octanol–water partition coefficient (Wildman–Crippen LogP) is 5.47. The first-order valence-corrected chi connectivity index (χ1v) is 10.2. The van der Waals surface area contributed by atoms with E-state index in [4.69, 9.17) is 31.3 Å². The third-order valence-corrected chi connectivity index (χ3v) is 5.14. The lowest BCUT2D eigenvalue weighted by Crippen LogP contribution is -2.06. The Morgan fingerprint density at radius 2 is 1.68 bits per heavy atom. The predicted molar refractivity (Wildman–Crippen MR) is 121 cm³/mol. The van der Waals surface area contributed by atoms with E-state index in [0.29, 0.717) is 34.3 Å². The fourth-order valence-corrected chi connectivity index (χ4v) is 3.61. The molecule has 31 heavy (non-hydrogen) atoms. The minimum absolute atomic E-state index is 0.310. The van der Waals surface area contributed by atoms with Gasteiger partial charge in [0.05, 0.1) is 28.9 Å². The van der Waals surface area contributed by atoms with Gasteiger partial charge in [0.15, 0.2) is 11.3 Å². The number of benzene rings is 3. The van der Waals surface area contributed by atoms with E-state index < -0.39 is 0 Å². The molecule has 0 atom stereocenters. The van der Waals surface area contributed by atoms with Crippen molar-refractivity contribution < 1.29 is 9.53 Å². The van der Waals surface area contributed by atoms with Crippen LogP contribution in [-0.4, -0.2) is 32.1 Å². The highest BCUT2D eigenvalue weighted by atomic mass is 35.5. The number of esters is 1. The van der Waals surface area contributed by atoms with Crippen molar-refractivity contribution in [2.75, 3.05) is 6.61 Å². The van der Waals surface area contributed by atoms with Crippen LogP contribution in [0, 0.1) is 0 Å². The minimum atomic E-state index is -0.377. The van der Waals surface area contributed by atoms with E-state index in [-0.39, 0.29) is 5.97 Å². The topological polar surface area (TPSA) is 69.9 Å². The summed E-state index contributed by atoms with van der Waals surface area (Å²) in [6.07, 6.45) is 0. The van der Waals surface area contributed by atoms with Gasteiger partial charge in [0, 0.05) is 10.6 Å². The maximum absolute atomic E-state index is 12.3. The number of carbonyl (C=O) groups excluding carboxylic acids is 1. The number of para-hydroxylation sites is 2. The zero-order valence-corrected chi connectivity index (χ0v) is 17.4. The summed E-state index contributed by atoms with van der Waals surface area (Å²) in [5, 5.41) is 0.637. The van der Waals surface area contributed by atoms with Crippen molar-refractivity contribution in [2.24, 2.45) is 0 Å². The molecule has 6 nitrogen and oxygen atoms in total. The Morgan fingerprint density at radius 1 is 0.935 bits per heavy atom. The highest BCUT2D eigenvalue weighted by Crippen LogP contribution is 2.29. The van der Waals surface area contributed by atoms with Crippen molar-refractivity contribution in [3.63, 3.8) is 0 Å². The Bertz CT molecular complexity index is 1430. The molecule has 0 radical (unpaired) electrons. The van der Waals surface area contributed by atoms with Crippen LogP contribution in [0.3, 0.4) is 0 Å². The molecule has 0 amide bonds. The van der Waals surface area contributed by atoms with Gasteiger partial charge in [0.1, 0.15) is 5.82 Å². The zero-order valence-electron chi connectivity index (χ0n) is 16.6. The Hall–Kier alpha value is -3.77. The van der Waals surface area contributed by atoms with Crippen LogP contribution in [0.15, 0.2) is 72.8 Å². The van der Waals surface area contributed by atoms with Crippen LogP contribution >= 0.6 is 11.6 Å². The first-order valence-electron chi connectivity index (χ1n) is 9.83. The van der Waals surface area contributed by atoms with Crippen molar-refractivity contribution in [1.82, 2.24) is 19.5 Å². The molecule has 5 aromatic rings. The number of imidazole rings is 1. The molecule has 2 heterocycles. The summed E-state index contributed by atoms with van der Waals surface area (Å²) >= 11 is 6.09. The monoisotopic (exact) mass is 428 g/mol. The van der Waals surface area contributed by atoms with Gasteiger partial charge < -0.3 is 4.74 Å². The maximum Gasteiger partial charge on any atom is 0.338 e. The van der Waals surface area contributed by atoms with E-state index in [2.05, 4.69) is 0 Å². The molecule has 2 aromatic heterocycles. The molecule has 5 rings (SSSR count). The summed E-state index contributed by atoms with van der Waals surface area (Å²) in [7, 11) is 0. The summed E-state index contributed by atoms with van der Waals surface area (Å²) < 4.78 is 7.07. The number of ether oxygens (including phenoxy) is 1. The number of nitrogens with zero attached hydrogens (tertiary/aromatic N) is 4. The van der Waals surface area contributed by atoms with E-state index in [1.807, 2.05) is 65.2 Å². The number of aromatic nitrogens is 4. The smallest absolute Gasteiger partial charge is 0.338 e. The second-order valence-electron chi connectivity index (χ2n) is 6.91. The molecular formula is C24H17ClN4O2. The molecule has 0 N–H and O–H groups in total. The van der Waals surface area contributed by atoms with Crippen LogP contribution in [0.25, 0.3) is 39.4 Å². The molecule has 0 fully saturated rings. The average molecular weight is 429 g/mol. The molecular weight excluding hydrogens is 412 g/mol. The molecule has 7 heteroatoms. The van der Waals surface area contributed by atoms with Gasteiger partial charge in [-0.1, -0.05) is 29.8 Å². The van der Waals surface area contributed by atoms with Crippen LogP contribution < -0.4 is 0 Å². The Labute approximate surface area is 183 Å². The Kier molecular flexibility index (Phi) is 4.84. The van der Waals surface area contributed by atoms with Gasteiger partial charge in [-0.15, -0.1) is 0 Å². The summed E-state index contributed by atoms with van der Waals surface area (Å²) in [5.74, 6) is 0.279. The first-order chi connectivity index (χ1) is 15.1. The molecule has 0 aliphatic heterocycles. The van der Waals surface area contributed by atoms with Crippen molar-refractivity contribution >= 4 is 39.9 Å². The van der Waals surface area contributed by atoms with Crippen LogP contribution in [-0.2, 0) is 4.74 Å². The zero-order chi connectivity index (χ0) is 21.4. The van der Waals surface area contributed by atoms with Gasteiger partial charge in [-0.25, -0.2) is 19.7 Å². The molecule has 3 aromatic carbocycles. The molecule has 0 spiro atoms. The molecule has 152 valence electrons. The Morgan fingerprint density at radius 3 is 2.42 bits per heavy atom. The number of carbonyl (C=O) groups is 1. The lowest BCUT2D eigenvalue weighted by molar-refractivity contribution is 0.0526. The lowest BCUT2D eigenvalue weighted by Gasteiger charge is -2.11. The quantitative estimate of drug-likeness (QED) is 0.355. The van der Waals surface area contributed by atoms with Crippen molar-refractivity contribution in [1.29, 1.82) is 0 Å². The Balaban J connectivity index is 1.79. The van der Waals surface area contributed by atoms with Crippen molar-refractivity contribution in [2.45, 2.75) is 6.92 Å². The molecule has 0 saturated heterocycles. The number of hydrogen-bond acceptors (Lipinski definition) is 5. The number of halogens is 1. The molecule has 0 saturated carbocycles. The molecule has 0 unspecified atom stereocenters. The standard InChI is InChI=1S/C24H17ClN4O2/c1-2-31-24(30)16-6-5-7-18(14-16)29-22(15-10-12-17(25)13-11-15)28-21-23(29)27-20-9-4-3-8-19(20)26-21/h3-14H,2H2,1H3. The van der Waals surface area contributed by atoms with Crippen LogP contribution in [0.5, 0.6) is 0 Å². The van der Waals surface area contributed by atoms with Gasteiger partial charge in [-0.05, 0) is 61.5 Å². The summed E-state index contributed by atoms with van der Waals surface area (Å²) in [6.45, 7) is 2.09. The maximum atomic E-state index is 12.3. The van der Waals surface area contributed by atoms with Gasteiger partial charge in [0.25, 0.3) is 0 Å². The van der Waals surface area contributed by atoms with Crippen LogP contribution in [0.2, 0.25) is 5.02 Å². The van der Waals surface area contributed by atoms with Crippen molar-refractivity contribution in [3.05, 3.63) is 83.4 Å². The number of hydrogen-bond donors (Lipinski definition) is 0. The van der Waals surface area contributed by atoms with Crippen LogP contribution in [0.1, 0.15) is 17.3 Å². The molecule has 0 bridgehead atoms. The largest absolute Gasteiger partial charge is 0.462 e. The van der Waals surface area contributed by atoms with Gasteiger partial charge in [0.2, 0.25) is 0 Å². The second kappa shape index (κ2) is 7.81. The van der Waals surface area contributed by atoms with Crippen molar-refractivity contribution in [3.8, 4) is 17.1 Å². The highest BCUT2D eigenvalue weighted by Gasteiger charge is 2.19. The summed E-state index contributed by atoms with van der Waals surface area (Å²) in [6, 6.07) is 22.3. The van der Waals surface area contributed by atoms with Gasteiger partial charge in [-0.3, -0.25) is 4.57 Å². The number of rotatable bonds is 4. The van der Waals surface area contributed by atoms with Gasteiger partial charge in [-0.2, -0.15) is 0 Å². The third kappa shape index (κ3) is 3.51. The third-order valence-electron chi connectivity index (χ3n) is 4.89. The fraction of sp³-hybridized carbons (Fsp3) is 0.0833. The van der Waals surface area contributed by atoms with E-state index >= 15 is 0 Å². The fourth-order valence-electron chi connectivity index (χ4n) is 3.48. The summed E-state index contributed by atoms with van der Waals surface area (Å²) in [4.78, 5) is 26.6. The SMILES string of the molecule is CCOC(=O)c1cccc(-n2c(-c3ccc(Cl)cc3)nc3nc4ccccc4nc32)c1. The molecule has 0 aliphatic carbocycles. The molecule has 0 aliphatic rings. The van der Waals surface area contributed by atoms with E-state index in [1.54, 1.807) is 19.1 Å². The number of fused-ring (bicyclic) bond motifs is 2. The van der Waals surface area contributed by atoms with Crippen LogP contribution in [0.4, 0.5) is 0 Å². The van der Waals surface area contributed by atoms with E-state index in [0.717, 1.165) is 22.3 Å². The van der Waals surface area contributed by atoms with Gasteiger partial charge >= 0.3 is 5.97 Å². The highest BCUT2D eigenvalue weighted by molar-refractivity contribution is 6.30. The average Bonchev–Trinajstić information content (AvgIpc) is 3.16. The first kappa shape index (κ1) is 19.2. The van der Waals surface area contributed by atoms with E-state index in [9.17, 15) is 4.79 Å². The minimum Gasteiger partial charge on any atom is -0.462 e. The second-order valence-corrected chi connectivity index (χ2v) is 7.34. The van der Waals surface area contributed by atoms with E-state index in [1.165, 1.54) is 0 Å². The normalized spacial score (nSPS) is 11.2. The summed E-state index contributed by atoms with van der Waals surface area (Å²) in [5.41, 5.74) is 4.70.